The largest absolute Gasteiger partial charge is 0.368 e. The van der Waals surface area contributed by atoms with E-state index in [9.17, 15) is 14.9 Å². The first-order valence-corrected chi connectivity index (χ1v) is 9.77. The van der Waals surface area contributed by atoms with Gasteiger partial charge in [0.15, 0.2) is 5.78 Å². The molecule has 0 aromatic heterocycles. The molecule has 0 atom stereocenters. The number of hydrogen-bond acceptors (Lipinski definition) is 5. The zero-order chi connectivity index (χ0) is 21.0. The minimum absolute atomic E-state index is 0.0140. The quantitative estimate of drug-likeness (QED) is 0.794. The van der Waals surface area contributed by atoms with Crippen LogP contribution in [-0.2, 0) is 4.79 Å². The molecule has 1 aliphatic heterocycles. The van der Waals surface area contributed by atoms with Gasteiger partial charge in [-0.1, -0.05) is 18.2 Å². The summed E-state index contributed by atoms with van der Waals surface area (Å²) in [6.45, 7) is 8.69. The van der Waals surface area contributed by atoms with Crippen molar-refractivity contribution in [3.8, 4) is 6.07 Å². The summed E-state index contributed by atoms with van der Waals surface area (Å²) in [7, 11) is 0. The zero-order valence-corrected chi connectivity index (χ0v) is 17.2. The van der Waals surface area contributed by atoms with E-state index in [0.717, 1.165) is 22.5 Å². The number of Topliss-reactive ketones (excluding diaryl/α,β-unsaturated/α-hetero) is 1. The molecule has 0 spiro atoms. The average molecular weight is 390 g/mol. The molecule has 2 aromatic rings. The van der Waals surface area contributed by atoms with Crippen LogP contribution in [0.5, 0.6) is 0 Å². The molecular formula is C23H26N4O2. The van der Waals surface area contributed by atoms with Crippen LogP contribution >= 0.6 is 0 Å². The van der Waals surface area contributed by atoms with Crippen molar-refractivity contribution in [2.24, 2.45) is 0 Å². The van der Waals surface area contributed by atoms with Crippen molar-refractivity contribution in [3.63, 3.8) is 0 Å². The van der Waals surface area contributed by atoms with E-state index in [-0.39, 0.29) is 11.7 Å². The molecule has 6 heteroatoms. The number of nitriles is 1. The fourth-order valence-electron chi connectivity index (χ4n) is 3.70. The number of hydrogen-bond donors (Lipinski definition) is 1. The molecule has 0 bridgehead atoms. The number of nitrogens with zero attached hydrogens (tertiary/aromatic N) is 3. The Morgan fingerprint density at radius 3 is 2.31 bits per heavy atom. The van der Waals surface area contributed by atoms with Crippen molar-refractivity contribution in [3.05, 3.63) is 58.7 Å². The number of carbonyl (C=O) groups excluding carboxylic acids is 2. The lowest BCUT2D eigenvalue weighted by Gasteiger charge is -2.36. The molecule has 6 nitrogen and oxygen atoms in total. The van der Waals surface area contributed by atoms with Gasteiger partial charge in [-0.05, 0) is 50.1 Å². The van der Waals surface area contributed by atoms with Gasteiger partial charge < -0.3 is 10.2 Å². The van der Waals surface area contributed by atoms with Gasteiger partial charge in [0.2, 0.25) is 5.91 Å². The molecule has 3 rings (SSSR count). The van der Waals surface area contributed by atoms with Gasteiger partial charge in [0, 0.05) is 43.1 Å². The smallest absolute Gasteiger partial charge is 0.238 e. The Morgan fingerprint density at radius 1 is 1.07 bits per heavy atom. The molecule has 1 amide bonds. The van der Waals surface area contributed by atoms with Crippen LogP contribution < -0.4 is 10.2 Å². The second kappa shape index (κ2) is 8.89. The SMILES string of the molecule is CC(=O)c1ccc(C#N)cc1N1CCN(CC(=O)Nc2c(C)cccc2C)CC1. The molecule has 1 saturated heterocycles. The lowest BCUT2D eigenvalue weighted by Crippen LogP contribution is -2.49. The number of para-hydroxylation sites is 1. The van der Waals surface area contributed by atoms with E-state index in [2.05, 4.69) is 21.2 Å². The van der Waals surface area contributed by atoms with E-state index in [1.165, 1.54) is 0 Å². The van der Waals surface area contributed by atoms with Crippen LogP contribution in [0.4, 0.5) is 11.4 Å². The van der Waals surface area contributed by atoms with E-state index in [4.69, 9.17) is 0 Å². The highest BCUT2D eigenvalue weighted by atomic mass is 16.2. The standard InChI is InChI=1S/C23H26N4O2/c1-16-5-4-6-17(2)23(16)25-22(29)15-26-9-11-27(12-10-26)21-13-19(14-24)7-8-20(21)18(3)28/h4-8,13H,9-12,15H2,1-3H3,(H,25,29). The maximum Gasteiger partial charge on any atom is 0.238 e. The maximum atomic E-state index is 12.5. The van der Waals surface area contributed by atoms with Crippen LogP contribution in [0, 0.1) is 25.2 Å². The summed E-state index contributed by atoms with van der Waals surface area (Å²) in [6.07, 6.45) is 0. The zero-order valence-electron chi connectivity index (χ0n) is 17.2. The number of amides is 1. The highest BCUT2D eigenvalue weighted by molar-refractivity contribution is 6.00. The highest BCUT2D eigenvalue weighted by Crippen LogP contribution is 2.24. The molecule has 1 aliphatic rings. The predicted molar refractivity (Wildman–Crippen MR) is 114 cm³/mol. The summed E-state index contributed by atoms with van der Waals surface area (Å²) in [4.78, 5) is 28.7. The number of ketones is 1. The highest BCUT2D eigenvalue weighted by Gasteiger charge is 2.22. The summed E-state index contributed by atoms with van der Waals surface area (Å²) in [6, 6.07) is 13.3. The Balaban J connectivity index is 1.62. The summed E-state index contributed by atoms with van der Waals surface area (Å²) >= 11 is 0. The Bertz CT molecular complexity index is 949. The van der Waals surface area contributed by atoms with Crippen molar-refractivity contribution in [2.45, 2.75) is 20.8 Å². The molecule has 0 radical (unpaired) electrons. The van der Waals surface area contributed by atoms with E-state index < -0.39 is 0 Å². The molecule has 0 saturated carbocycles. The number of benzene rings is 2. The number of piperazine rings is 1. The summed E-state index contributed by atoms with van der Waals surface area (Å²) in [5.74, 6) is -0.0355. The van der Waals surface area contributed by atoms with Gasteiger partial charge in [0.1, 0.15) is 0 Å². The van der Waals surface area contributed by atoms with Crippen LogP contribution in [-0.4, -0.2) is 49.3 Å². The van der Waals surface area contributed by atoms with Gasteiger partial charge in [0.05, 0.1) is 18.2 Å². The number of aryl methyl sites for hydroxylation is 2. The minimum Gasteiger partial charge on any atom is -0.368 e. The Morgan fingerprint density at radius 2 is 1.72 bits per heavy atom. The maximum absolute atomic E-state index is 12.5. The fourth-order valence-corrected chi connectivity index (χ4v) is 3.70. The van der Waals surface area contributed by atoms with Gasteiger partial charge in [0.25, 0.3) is 0 Å². The number of nitrogens with one attached hydrogen (secondary N) is 1. The second-order valence-electron chi connectivity index (χ2n) is 7.48. The molecule has 29 heavy (non-hydrogen) atoms. The molecular weight excluding hydrogens is 364 g/mol. The molecule has 2 aromatic carbocycles. The molecule has 1 fully saturated rings. The van der Waals surface area contributed by atoms with Crippen LogP contribution in [0.3, 0.4) is 0 Å². The average Bonchev–Trinajstić information content (AvgIpc) is 2.71. The molecule has 1 N–H and O–H groups in total. The van der Waals surface area contributed by atoms with Crippen LogP contribution in [0.2, 0.25) is 0 Å². The van der Waals surface area contributed by atoms with E-state index in [1.807, 2.05) is 32.0 Å². The lowest BCUT2D eigenvalue weighted by molar-refractivity contribution is -0.117. The van der Waals surface area contributed by atoms with Crippen LogP contribution in [0.25, 0.3) is 0 Å². The Labute approximate surface area is 171 Å². The predicted octanol–water partition coefficient (Wildman–Crippen LogP) is 3.14. The van der Waals surface area contributed by atoms with Gasteiger partial charge in [-0.25, -0.2) is 0 Å². The number of carbonyl (C=O) groups is 2. The van der Waals surface area contributed by atoms with Crippen molar-refractivity contribution in [1.82, 2.24) is 4.90 Å². The third kappa shape index (κ3) is 4.82. The summed E-state index contributed by atoms with van der Waals surface area (Å²) in [5.41, 5.74) is 4.96. The number of anilines is 2. The first-order valence-electron chi connectivity index (χ1n) is 9.77. The topological polar surface area (TPSA) is 76.4 Å². The molecule has 0 aliphatic carbocycles. The first-order chi connectivity index (χ1) is 13.9. The van der Waals surface area contributed by atoms with Gasteiger partial charge in [-0.2, -0.15) is 5.26 Å². The van der Waals surface area contributed by atoms with E-state index >= 15 is 0 Å². The Hall–Kier alpha value is -3.17. The van der Waals surface area contributed by atoms with Crippen LogP contribution in [0.15, 0.2) is 36.4 Å². The van der Waals surface area contributed by atoms with Crippen molar-refractivity contribution >= 4 is 23.1 Å². The number of rotatable bonds is 5. The lowest BCUT2D eigenvalue weighted by atomic mass is 10.0. The molecule has 0 unspecified atom stereocenters. The third-order valence-electron chi connectivity index (χ3n) is 5.33. The third-order valence-corrected chi connectivity index (χ3v) is 5.33. The van der Waals surface area contributed by atoms with Gasteiger partial charge in [-0.3, -0.25) is 14.5 Å². The van der Waals surface area contributed by atoms with Crippen molar-refractivity contribution in [2.75, 3.05) is 42.9 Å². The fraction of sp³-hybridized carbons (Fsp3) is 0.348. The molecule has 1 heterocycles. The van der Waals surface area contributed by atoms with Gasteiger partial charge in [-0.15, -0.1) is 0 Å². The summed E-state index contributed by atoms with van der Waals surface area (Å²) < 4.78 is 0. The Kier molecular flexibility index (Phi) is 6.30. The first kappa shape index (κ1) is 20.6. The molecule has 150 valence electrons. The van der Waals surface area contributed by atoms with Crippen LogP contribution in [0.1, 0.15) is 34.0 Å². The minimum atomic E-state index is -0.0215. The van der Waals surface area contributed by atoms with Crippen molar-refractivity contribution < 1.29 is 9.59 Å². The summed E-state index contributed by atoms with van der Waals surface area (Å²) in [5, 5.41) is 12.2. The van der Waals surface area contributed by atoms with Crippen molar-refractivity contribution in [1.29, 1.82) is 5.26 Å². The monoisotopic (exact) mass is 390 g/mol. The second-order valence-corrected chi connectivity index (χ2v) is 7.48. The van der Waals surface area contributed by atoms with Gasteiger partial charge >= 0.3 is 0 Å². The van der Waals surface area contributed by atoms with E-state index in [0.29, 0.717) is 43.9 Å². The van der Waals surface area contributed by atoms with E-state index in [1.54, 1.807) is 25.1 Å². The normalized spacial score (nSPS) is 14.3.